The summed E-state index contributed by atoms with van der Waals surface area (Å²) < 4.78 is 36.3. The third kappa shape index (κ3) is 5.15. The molecule has 4 fully saturated rings. The molecule has 4 aliphatic rings. The highest BCUT2D eigenvalue weighted by atomic mass is 32.2. The quantitative estimate of drug-likeness (QED) is 0.530. The third-order valence-electron chi connectivity index (χ3n) is 8.85. The fourth-order valence-electron chi connectivity index (χ4n) is 6.66. The molecule has 2 N–H and O–H groups in total. The normalized spacial score (nSPS) is 27.5. The van der Waals surface area contributed by atoms with Crippen LogP contribution in [-0.2, 0) is 15.7 Å². The van der Waals surface area contributed by atoms with Crippen LogP contribution >= 0.6 is 0 Å². The van der Waals surface area contributed by atoms with Crippen LogP contribution in [0.5, 0.6) is 0 Å². The number of amides is 1. The Morgan fingerprint density at radius 2 is 1.63 bits per heavy atom. The number of carbonyl (C=O) groups is 1. The van der Waals surface area contributed by atoms with Crippen LogP contribution in [0.15, 0.2) is 40.9 Å². The number of carbonyl (C=O) groups excluding carboxylic acids is 1. The van der Waals surface area contributed by atoms with Gasteiger partial charge in [-0.25, -0.2) is 0 Å². The molecule has 9 nitrogen and oxygen atoms in total. The molecule has 3 saturated heterocycles. The molecule has 1 unspecified atom stereocenters. The molecule has 1 aromatic heterocycles. The highest BCUT2D eigenvalue weighted by Gasteiger charge is 2.49. The van der Waals surface area contributed by atoms with Crippen molar-refractivity contribution in [1.29, 1.82) is 0 Å². The second kappa shape index (κ2) is 10.0. The van der Waals surface area contributed by atoms with Gasteiger partial charge < -0.3 is 15.2 Å². The van der Waals surface area contributed by atoms with Crippen LogP contribution in [-0.4, -0.2) is 65.3 Å². The molecule has 4 heterocycles. The highest BCUT2D eigenvalue weighted by molar-refractivity contribution is 7.86. The van der Waals surface area contributed by atoms with Gasteiger partial charge in [0.25, 0.3) is 16.1 Å². The predicted octanol–water partition coefficient (Wildman–Crippen LogP) is 3.51. The average molecular weight is 542 g/mol. The molecule has 3 aliphatic heterocycles. The number of nitrogens with one attached hydrogen (secondary N) is 2. The molecule has 1 aliphatic carbocycles. The van der Waals surface area contributed by atoms with E-state index in [1.807, 2.05) is 6.07 Å². The van der Waals surface area contributed by atoms with Crippen LogP contribution < -0.4 is 10.6 Å². The van der Waals surface area contributed by atoms with E-state index in [0.29, 0.717) is 37.5 Å². The second-order valence-electron chi connectivity index (χ2n) is 12.1. The van der Waals surface area contributed by atoms with E-state index in [4.69, 9.17) is 4.52 Å². The number of nitrogens with zero attached hydrogens (tertiary/aromatic N) is 3. The fraction of sp³-hybridized carbons (Fsp3) is 0.643. The monoisotopic (exact) mass is 541 g/mol. The Hall–Kier alpha value is -2.27. The van der Waals surface area contributed by atoms with Gasteiger partial charge in [-0.05, 0) is 70.8 Å². The SMILES string of the molecule is CC(C)(NC1CCN(S(=O)(=O)N2[C@@H]3CC[C@H]2CC(NC(=O)c2cc(C4CC4)on2)C3)CC1)c1ccccc1. The van der Waals surface area contributed by atoms with Crippen LogP contribution in [0.3, 0.4) is 0 Å². The van der Waals surface area contributed by atoms with E-state index in [1.165, 1.54) is 5.56 Å². The van der Waals surface area contributed by atoms with Crippen LogP contribution in [0, 0.1) is 0 Å². The molecule has 38 heavy (non-hydrogen) atoms. The van der Waals surface area contributed by atoms with Crippen molar-refractivity contribution in [3.05, 3.63) is 53.4 Å². The van der Waals surface area contributed by atoms with Gasteiger partial charge in [0.05, 0.1) is 0 Å². The summed E-state index contributed by atoms with van der Waals surface area (Å²) in [5.74, 6) is 0.970. The lowest BCUT2D eigenvalue weighted by Crippen LogP contribution is -2.58. The Bertz CT molecular complexity index is 1240. The molecule has 6 rings (SSSR count). The van der Waals surface area contributed by atoms with Crippen molar-refractivity contribution in [2.45, 2.75) is 101 Å². The first-order valence-corrected chi connectivity index (χ1v) is 15.5. The summed E-state index contributed by atoms with van der Waals surface area (Å²) >= 11 is 0. The van der Waals surface area contributed by atoms with Gasteiger partial charge in [-0.1, -0.05) is 35.5 Å². The topological polar surface area (TPSA) is 108 Å². The lowest BCUT2D eigenvalue weighted by atomic mass is 9.92. The minimum absolute atomic E-state index is 0.0531. The molecular weight excluding hydrogens is 502 g/mol. The number of fused-ring (bicyclic) bond motifs is 2. The number of piperidine rings is 2. The number of hydrogen-bond donors (Lipinski definition) is 2. The molecule has 3 atom stereocenters. The Morgan fingerprint density at radius 3 is 2.26 bits per heavy atom. The largest absolute Gasteiger partial charge is 0.360 e. The molecule has 1 saturated carbocycles. The van der Waals surface area contributed by atoms with Gasteiger partial charge in [0.15, 0.2) is 5.69 Å². The van der Waals surface area contributed by atoms with Gasteiger partial charge in [0.1, 0.15) is 5.76 Å². The predicted molar refractivity (Wildman–Crippen MR) is 144 cm³/mol. The van der Waals surface area contributed by atoms with Crippen molar-refractivity contribution in [1.82, 2.24) is 24.4 Å². The van der Waals surface area contributed by atoms with Crippen LogP contribution in [0.1, 0.15) is 92.9 Å². The minimum atomic E-state index is -3.54. The molecule has 0 radical (unpaired) electrons. The molecule has 1 aromatic carbocycles. The van der Waals surface area contributed by atoms with Crippen molar-refractivity contribution >= 4 is 16.1 Å². The maximum Gasteiger partial charge on any atom is 0.282 e. The van der Waals surface area contributed by atoms with E-state index >= 15 is 0 Å². The van der Waals surface area contributed by atoms with Gasteiger partial charge in [-0.2, -0.15) is 17.0 Å². The lowest BCUT2D eigenvalue weighted by molar-refractivity contribution is 0.0897. The zero-order valence-corrected chi connectivity index (χ0v) is 23.1. The van der Waals surface area contributed by atoms with E-state index in [2.05, 4.69) is 53.9 Å². The molecule has 1 amide bonds. The first-order chi connectivity index (χ1) is 18.2. The van der Waals surface area contributed by atoms with Crippen molar-refractivity contribution in [3.63, 3.8) is 0 Å². The molecule has 0 spiro atoms. The maximum absolute atomic E-state index is 13.8. The zero-order valence-electron chi connectivity index (χ0n) is 22.3. The summed E-state index contributed by atoms with van der Waals surface area (Å²) in [5, 5.41) is 10.8. The summed E-state index contributed by atoms with van der Waals surface area (Å²) in [7, 11) is -3.54. The number of aromatic nitrogens is 1. The maximum atomic E-state index is 13.8. The Labute approximate surface area is 225 Å². The van der Waals surface area contributed by atoms with Crippen LogP contribution in [0.2, 0.25) is 0 Å². The summed E-state index contributed by atoms with van der Waals surface area (Å²) in [6.45, 7) is 5.41. The van der Waals surface area contributed by atoms with Crippen LogP contribution in [0.4, 0.5) is 0 Å². The molecule has 10 heteroatoms. The van der Waals surface area contributed by atoms with Gasteiger partial charge in [-0.15, -0.1) is 0 Å². The van der Waals surface area contributed by atoms with Gasteiger partial charge in [-0.3, -0.25) is 4.79 Å². The zero-order chi connectivity index (χ0) is 26.5. The first kappa shape index (κ1) is 26.0. The average Bonchev–Trinajstić information content (AvgIpc) is 3.55. The lowest BCUT2D eigenvalue weighted by Gasteiger charge is -2.43. The third-order valence-corrected chi connectivity index (χ3v) is 11.0. The number of hydrogen-bond acceptors (Lipinski definition) is 6. The van der Waals surface area contributed by atoms with E-state index in [-0.39, 0.29) is 35.6 Å². The Kier molecular flexibility index (Phi) is 6.86. The van der Waals surface area contributed by atoms with Gasteiger partial charge >= 0.3 is 0 Å². The van der Waals surface area contributed by atoms with E-state index in [0.717, 1.165) is 44.3 Å². The first-order valence-electron chi connectivity index (χ1n) is 14.1. The summed E-state index contributed by atoms with van der Waals surface area (Å²) in [4.78, 5) is 12.8. The van der Waals surface area contributed by atoms with Crippen LogP contribution in [0.25, 0.3) is 0 Å². The van der Waals surface area contributed by atoms with Crippen molar-refractivity contribution in [3.8, 4) is 0 Å². The van der Waals surface area contributed by atoms with E-state index < -0.39 is 10.2 Å². The van der Waals surface area contributed by atoms with Crippen molar-refractivity contribution in [2.24, 2.45) is 0 Å². The number of rotatable bonds is 8. The summed E-state index contributed by atoms with van der Waals surface area (Å²) in [6.07, 6.45) is 6.72. The standard InChI is InChI=1S/C28H39N5O4S/c1-28(2,20-6-4-3-5-7-20)30-21-12-14-32(15-13-21)38(35,36)33-23-10-11-24(33)17-22(16-23)29-27(34)25-18-26(37-31-25)19-8-9-19/h3-7,18-19,21-24,30H,8-17H2,1-2H3,(H,29,34)/t22?,23-,24+. The van der Waals surface area contributed by atoms with Crippen molar-refractivity contribution in [2.75, 3.05) is 13.1 Å². The van der Waals surface area contributed by atoms with Crippen molar-refractivity contribution < 1.29 is 17.7 Å². The summed E-state index contributed by atoms with van der Waals surface area (Å²) in [6, 6.07) is 12.2. The minimum Gasteiger partial charge on any atom is -0.360 e. The summed E-state index contributed by atoms with van der Waals surface area (Å²) in [5.41, 5.74) is 1.37. The number of benzene rings is 1. The molecule has 2 aromatic rings. The molecule has 2 bridgehead atoms. The fourth-order valence-corrected chi connectivity index (χ4v) is 8.73. The highest BCUT2D eigenvalue weighted by Crippen LogP contribution is 2.41. The Morgan fingerprint density at radius 1 is 0.974 bits per heavy atom. The van der Waals surface area contributed by atoms with E-state index in [9.17, 15) is 13.2 Å². The van der Waals surface area contributed by atoms with Gasteiger partial charge in [0, 0.05) is 54.8 Å². The second-order valence-corrected chi connectivity index (χ2v) is 13.9. The molecular formula is C28H39N5O4S. The van der Waals surface area contributed by atoms with E-state index in [1.54, 1.807) is 14.7 Å². The van der Waals surface area contributed by atoms with Gasteiger partial charge in [0.2, 0.25) is 0 Å². The molecule has 206 valence electrons. The Balaban J connectivity index is 1.04. The smallest absolute Gasteiger partial charge is 0.282 e.